The molecule has 106 valence electrons. The molecule has 0 aliphatic rings. The van der Waals surface area contributed by atoms with Crippen LogP contribution in [0.15, 0.2) is 29.6 Å². The molecular formula is C14H16N2O3S. The van der Waals surface area contributed by atoms with Gasteiger partial charge in [0.05, 0.1) is 13.7 Å². The first-order valence-corrected chi connectivity index (χ1v) is 7.04. The van der Waals surface area contributed by atoms with E-state index in [4.69, 9.17) is 9.47 Å². The van der Waals surface area contributed by atoms with Crippen LogP contribution in [0.3, 0.4) is 0 Å². The van der Waals surface area contributed by atoms with Crippen LogP contribution in [0.1, 0.15) is 17.4 Å². The molecular weight excluding hydrogens is 276 g/mol. The van der Waals surface area contributed by atoms with Gasteiger partial charge in [-0.25, -0.2) is 9.78 Å². The minimum Gasteiger partial charge on any atom is -0.497 e. The van der Waals surface area contributed by atoms with Gasteiger partial charge in [-0.3, -0.25) is 0 Å². The quantitative estimate of drug-likeness (QED) is 0.793. The van der Waals surface area contributed by atoms with Crippen LogP contribution in [0, 0.1) is 0 Å². The summed E-state index contributed by atoms with van der Waals surface area (Å²) in [7, 11) is 3.53. The minimum atomic E-state index is -0.391. The molecule has 0 bridgehead atoms. The zero-order valence-electron chi connectivity index (χ0n) is 11.6. The summed E-state index contributed by atoms with van der Waals surface area (Å²) < 4.78 is 10.1. The molecule has 0 saturated carbocycles. The van der Waals surface area contributed by atoms with E-state index in [1.807, 2.05) is 36.2 Å². The number of anilines is 2. The SMILES string of the molecule is CCOC(=O)c1csc(N(C)c2ccc(OC)cc2)n1. The normalized spacial score (nSPS) is 10.2. The molecule has 5 nitrogen and oxygen atoms in total. The molecule has 2 aromatic rings. The lowest BCUT2D eigenvalue weighted by Crippen LogP contribution is -2.10. The average Bonchev–Trinajstić information content (AvgIpc) is 2.97. The Balaban J connectivity index is 2.16. The number of ether oxygens (including phenoxy) is 2. The van der Waals surface area contributed by atoms with Gasteiger partial charge < -0.3 is 14.4 Å². The summed E-state index contributed by atoms with van der Waals surface area (Å²) in [5, 5.41) is 2.44. The van der Waals surface area contributed by atoms with Crippen LogP contribution in [0.2, 0.25) is 0 Å². The van der Waals surface area contributed by atoms with Crippen molar-refractivity contribution in [3.05, 3.63) is 35.3 Å². The van der Waals surface area contributed by atoms with Crippen molar-refractivity contribution in [3.63, 3.8) is 0 Å². The van der Waals surface area contributed by atoms with E-state index in [1.54, 1.807) is 19.4 Å². The Morgan fingerprint density at radius 1 is 1.35 bits per heavy atom. The summed E-state index contributed by atoms with van der Waals surface area (Å²) in [5.74, 6) is 0.409. The second kappa shape index (κ2) is 6.38. The summed E-state index contributed by atoms with van der Waals surface area (Å²) in [5.41, 5.74) is 1.31. The second-order valence-corrected chi connectivity index (χ2v) is 4.83. The number of carbonyl (C=O) groups is 1. The molecule has 0 amide bonds. The van der Waals surface area contributed by atoms with Crippen LogP contribution in [0.25, 0.3) is 0 Å². The summed E-state index contributed by atoms with van der Waals surface area (Å²) >= 11 is 1.40. The third-order valence-corrected chi connectivity index (χ3v) is 3.64. The molecule has 0 radical (unpaired) electrons. The molecule has 2 rings (SSSR count). The zero-order valence-corrected chi connectivity index (χ0v) is 12.4. The minimum absolute atomic E-state index is 0.340. The van der Waals surface area contributed by atoms with Gasteiger partial charge in [-0.2, -0.15) is 0 Å². The van der Waals surface area contributed by atoms with Crippen molar-refractivity contribution < 1.29 is 14.3 Å². The molecule has 0 aliphatic heterocycles. The molecule has 0 unspecified atom stereocenters. The highest BCUT2D eigenvalue weighted by Crippen LogP contribution is 2.28. The van der Waals surface area contributed by atoms with Crippen LogP contribution in [0.4, 0.5) is 10.8 Å². The van der Waals surface area contributed by atoms with E-state index in [2.05, 4.69) is 4.98 Å². The maximum atomic E-state index is 11.6. The molecule has 0 saturated heterocycles. The van der Waals surface area contributed by atoms with Crippen LogP contribution in [-0.4, -0.2) is 31.7 Å². The maximum Gasteiger partial charge on any atom is 0.357 e. The van der Waals surface area contributed by atoms with E-state index >= 15 is 0 Å². The Kier molecular flexibility index (Phi) is 4.57. The van der Waals surface area contributed by atoms with Gasteiger partial charge in [-0.05, 0) is 31.2 Å². The number of hydrogen-bond donors (Lipinski definition) is 0. The number of carbonyl (C=O) groups excluding carboxylic acids is 1. The molecule has 1 aromatic heterocycles. The van der Waals surface area contributed by atoms with E-state index in [9.17, 15) is 4.79 Å². The maximum absolute atomic E-state index is 11.6. The molecule has 20 heavy (non-hydrogen) atoms. The predicted molar refractivity (Wildman–Crippen MR) is 79.1 cm³/mol. The van der Waals surface area contributed by atoms with E-state index in [0.29, 0.717) is 12.3 Å². The van der Waals surface area contributed by atoms with Gasteiger partial charge in [0.15, 0.2) is 10.8 Å². The van der Waals surface area contributed by atoms with Gasteiger partial charge in [-0.1, -0.05) is 0 Å². The molecule has 6 heteroatoms. The number of thiazole rings is 1. The van der Waals surface area contributed by atoms with Gasteiger partial charge in [-0.15, -0.1) is 11.3 Å². The molecule has 1 heterocycles. The Hall–Kier alpha value is -2.08. The predicted octanol–water partition coefficient (Wildman–Crippen LogP) is 3.10. The van der Waals surface area contributed by atoms with Crippen molar-refractivity contribution in [2.75, 3.05) is 25.7 Å². The van der Waals surface area contributed by atoms with Crippen molar-refractivity contribution in [3.8, 4) is 5.75 Å². The van der Waals surface area contributed by atoms with Crippen molar-refractivity contribution in [1.82, 2.24) is 4.98 Å². The third kappa shape index (κ3) is 3.08. The van der Waals surface area contributed by atoms with E-state index in [-0.39, 0.29) is 0 Å². The summed E-state index contributed by atoms with van der Waals surface area (Å²) in [6.07, 6.45) is 0. The molecule has 0 N–H and O–H groups in total. The first-order chi connectivity index (χ1) is 9.65. The zero-order chi connectivity index (χ0) is 14.5. The van der Waals surface area contributed by atoms with Crippen LogP contribution < -0.4 is 9.64 Å². The monoisotopic (exact) mass is 292 g/mol. The lowest BCUT2D eigenvalue weighted by molar-refractivity contribution is 0.0520. The number of rotatable bonds is 5. The largest absolute Gasteiger partial charge is 0.497 e. The molecule has 0 atom stereocenters. The molecule has 0 aliphatic carbocycles. The van der Waals surface area contributed by atoms with Crippen LogP contribution >= 0.6 is 11.3 Å². The number of nitrogens with zero attached hydrogens (tertiary/aromatic N) is 2. The third-order valence-electron chi connectivity index (χ3n) is 2.72. The number of esters is 1. The summed E-state index contributed by atoms with van der Waals surface area (Å²) in [6.45, 7) is 2.12. The highest BCUT2D eigenvalue weighted by molar-refractivity contribution is 7.14. The molecule has 1 aromatic carbocycles. The standard InChI is InChI=1S/C14H16N2O3S/c1-4-19-13(17)12-9-20-14(15-12)16(2)10-5-7-11(18-3)8-6-10/h5-9H,4H2,1-3H3. The number of methoxy groups -OCH3 is 1. The first kappa shape index (κ1) is 14.3. The Labute approximate surface area is 121 Å². The lowest BCUT2D eigenvalue weighted by atomic mass is 10.3. The fraction of sp³-hybridized carbons (Fsp3) is 0.286. The smallest absolute Gasteiger partial charge is 0.357 e. The van der Waals surface area contributed by atoms with E-state index in [1.165, 1.54) is 11.3 Å². The van der Waals surface area contributed by atoms with Crippen molar-refractivity contribution in [2.45, 2.75) is 6.92 Å². The number of aromatic nitrogens is 1. The highest BCUT2D eigenvalue weighted by Gasteiger charge is 2.14. The van der Waals surface area contributed by atoms with Gasteiger partial charge in [0, 0.05) is 18.1 Å². The Morgan fingerprint density at radius 3 is 2.65 bits per heavy atom. The Bertz CT molecular complexity index is 580. The fourth-order valence-corrected chi connectivity index (χ4v) is 2.41. The van der Waals surface area contributed by atoms with Gasteiger partial charge in [0.2, 0.25) is 0 Å². The van der Waals surface area contributed by atoms with Crippen molar-refractivity contribution in [1.29, 1.82) is 0 Å². The summed E-state index contributed by atoms with van der Waals surface area (Å²) in [4.78, 5) is 17.8. The first-order valence-electron chi connectivity index (χ1n) is 6.16. The van der Waals surface area contributed by atoms with E-state index in [0.717, 1.165) is 16.6 Å². The highest BCUT2D eigenvalue weighted by atomic mass is 32.1. The fourth-order valence-electron chi connectivity index (χ4n) is 1.63. The Morgan fingerprint density at radius 2 is 2.05 bits per heavy atom. The van der Waals surface area contributed by atoms with Gasteiger partial charge >= 0.3 is 5.97 Å². The molecule has 0 spiro atoms. The van der Waals surface area contributed by atoms with Gasteiger partial charge in [0.25, 0.3) is 0 Å². The van der Waals surface area contributed by atoms with Gasteiger partial charge in [0.1, 0.15) is 5.75 Å². The average molecular weight is 292 g/mol. The van der Waals surface area contributed by atoms with E-state index < -0.39 is 5.97 Å². The molecule has 0 fully saturated rings. The van der Waals surface area contributed by atoms with Crippen LogP contribution in [0.5, 0.6) is 5.75 Å². The van der Waals surface area contributed by atoms with Crippen molar-refractivity contribution >= 4 is 28.1 Å². The second-order valence-electron chi connectivity index (χ2n) is 3.99. The van der Waals surface area contributed by atoms with Crippen LogP contribution in [-0.2, 0) is 4.74 Å². The summed E-state index contributed by atoms with van der Waals surface area (Å²) in [6, 6.07) is 7.63. The van der Waals surface area contributed by atoms with Crippen molar-refractivity contribution in [2.24, 2.45) is 0 Å². The topological polar surface area (TPSA) is 51.7 Å². The lowest BCUT2D eigenvalue weighted by Gasteiger charge is -2.15. The number of benzene rings is 1. The number of hydrogen-bond acceptors (Lipinski definition) is 6.